The maximum absolute atomic E-state index is 13.3. The summed E-state index contributed by atoms with van der Waals surface area (Å²) in [6.07, 6.45) is 3.34. The number of hydrogen-bond donors (Lipinski definition) is 1. The number of imide groups is 1. The number of carbonyl (C=O) groups is 3. The Hall–Kier alpha value is -2.47. The van der Waals surface area contributed by atoms with Crippen LogP contribution in [0.4, 0.5) is 5.69 Å². The third-order valence-electron chi connectivity index (χ3n) is 6.96. The van der Waals surface area contributed by atoms with Gasteiger partial charge in [-0.05, 0) is 60.9 Å². The van der Waals surface area contributed by atoms with Gasteiger partial charge in [0.25, 0.3) is 0 Å². The van der Waals surface area contributed by atoms with E-state index in [9.17, 15) is 14.4 Å². The fourth-order valence-corrected chi connectivity index (χ4v) is 5.90. The van der Waals surface area contributed by atoms with Crippen LogP contribution in [0.3, 0.4) is 0 Å². The van der Waals surface area contributed by atoms with Crippen LogP contribution in [0.25, 0.3) is 0 Å². The number of likely N-dealkylation sites (tertiary alicyclic amines) is 1. The van der Waals surface area contributed by atoms with Gasteiger partial charge in [0.05, 0.1) is 11.8 Å². The van der Waals surface area contributed by atoms with Gasteiger partial charge in [0.2, 0.25) is 17.7 Å². The van der Waals surface area contributed by atoms with Gasteiger partial charge in [-0.1, -0.05) is 46.3 Å². The summed E-state index contributed by atoms with van der Waals surface area (Å²) in [5.41, 5.74) is 1.56. The largest absolute Gasteiger partial charge is 0.324 e. The van der Waals surface area contributed by atoms with Crippen molar-refractivity contribution in [1.29, 1.82) is 0 Å². The maximum Gasteiger partial charge on any atom is 0.248 e. The molecule has 5 nitrogen and oxygen atoms in total. The quantitative estimate of drug-likeness (QED) is 0.676. The average Bonchev–Trinajstić information content (AvgIpc) is 3.43. The van der Waals surface area contributed by atoms with Crippen LogP contribution in [0.15, 0.2) is 59.1 Å². The van der Waals surface area contributed by atoms with Gasteiger partial charge in [0.1, 0.15) is 6.04 Å². The molecule has 154 valence electrons. The van der Waals surface area contributed by atoms with E-state index in [4.69, 9.17) is 0 Å². The van der Waals surface area contributed by atoms with Crippen LogP contribution >= 0.6 is 15.9 Å². The molecule has 1 N–H and O–H groups in total. The first-order valence-corrected chi connectivity index (χ1v) is 11.3. The summed E-state index contributed by atoms with van der Waals surface area (Å²) in [7, 11) is 0. The van der Waals surface area contributed by atoms with Crippen molar-refractivity contribution in [3.05, 3.63) is 64.6 Å². The van der Waals surface area contributed by atoms with Crippen molar-refractivity contribution >= 4 is 39.3 Å². The molecule has 2 bridgehead atoms. The van der Waals surface area contributed by atoms with E-state index in [1.54, 1.807) is 12.1 Å². The minimum Gasteiger partial charge on any atom is -0.324 e. The molecular formula is C24H23BrN2O3. The van der Waals surface area contributed by atoms with Crippen LogP contribution in [0.1, 0.15) is 24.8 Å². The van der Waals surface area contributed by atoms with E-state index in [0.29, 0.717) is 23.9 Å². The smallest absolute Gasteiger partial charge is 0.248 e. The van der Waals surface area contributed by atoms with E-state index in [0.717, 1.165) is 29.3 Å². The lowest BCUT2D eigenvalue weighted by Crippen LogP contribution is -2.49. The normalized spacial score (nSPS) is 28.0. The highest BCUT2D eigenvalue weighted by atomic mass is 79.9. The third-order valence-corrected chi connectivity index (χ3v) is 7.49. The number of rotatable bonds is 5. The molecule has 2 aromatic carbocycles. The number of hydrogen-bond acceptors (Lipinski definition) is 3. The molecule has 5 rings (SSSR count). The fraction of sp³-hybridized carbons (Fsp3) is 0.375. The number of anilines is 1. The summed E-state index contributed by atoms with van der Waals surface area (Å²) in [6, 6.07) is 16.0. The first-order valence-electron chi connectivity index (χ1n) is 10.5. The summed E-state index contributed by atoms with van der Waals surface area (Å²) < 4.78 is 0.912. The molecule has 3 fully saturated rings. The number of fused-ring (bicyclic) bond motifs is 5. The molecule has 0 radical (unpaired) electrons. The molecule has 5 atom stereocenters. The molecular weight excluding hydrogens is 444 g/mol. The van der Waals surface area contributed by atoms with Gasteiger partial charge in [-0.3, -0.25) is 19.3 Å². The summed E-state index contributed by atoms with van der Waals surface area (Å²) in [6.45, 7) is 0. The van der Waals surface area contributed by atoms with Gasteiger partial charge in [-0.2, -0.15) is 0 Å². The first-order chi connectivity index (χ1) is 14.5. The number of halogens is 1. The maximum atomic E-state index is 13.3. The zero-order valence-electron chi connectivity index (χ0n) is 16.5. The van der Waals surface area contributed by atoms with Crippen LogP contribution in [-0.4, -0.2) is 28.7 Å². The van der Waals surface area contributed by atoms with Crippen molar-refractivity contribution in [2.24, 2.45) is 23.7 Å². The van der Waals surface area contributed by atoms with Crippen molar-refractivity contribution < 1.29 is 14.4 Å². The predicted octanol–water partition coefficient (Wildman–Crippen LogP) is 4.03. The summed E-state index contributed by atoms with van der Waals surface area (Å²) in [5.74, 6) is -0.477. The van der Waals surface area contributed by atoms with E-state index in [-0.39, 0.29) is 29.6 Å². The number of nitrogens with one attached hydrogen (secondary N) is 1. The summed E-state index contributed by atoms with van der Waals surface area (Å²) >= 11 is 3.39. The second-order valence-corrected chi connectivity index (χ2v) is 9.55. The molecule has 2 aromatic rings. The third kappa shape index (κ3) is 3.27. The molecule has 1 heterocycles. The zero-order valence-corrected chi connectivity index (χ0v) is 18.0. The van der Waals surface area contributed by atoms with Crippen LogP contribution in [0, 0.1) is 23.7 Å². The van der Waals surface area contributed by atoms with E-state index >= 15 is 0 Å². The SMILES string of the molecule is O=C(Nc1ccc(Br)cc1)C(Cc1ccccc1)N1C(=O)C2C3CCC(C3)C2C1=O. The molecule has 30 heavy (non-hydrogen) atoms. The average molecular weight is 467 g/mol. The monoisotopic (exact) mass is 466 g/mol. The molecule has 2 aliphatic carbocycles. The molecule has 5 unspecified atom stereocenters. The van der Waals surface area contributed by atoms with Crippen molar-refractivity contribution in [1.82, 2.24) is 4.90 Å². The number of amides is 3. The van der Waals surface area contributed by atoms with Gasteiger partial charge in [-0.15, -0.1) is 0 Å². The van der Waals surface area contributed by atoms with E-state index < -0.39 is 6.04 Å². The Morgan fingerprint density at radius 3 is 2.17 bits per heavy atom. The molecule has 1 aliphatic heterocycles. The minimum atomic E-state index is -0.846. The lowest BCUT2D eigenvalue weighted by Gasteiger charge is -2.27. The molecule has 2 saturated carbocycles. The fourth-order valence-electron chi connectivity index (χ4n) is 5.64. The van der Waals surface area contributed by atoms with Crippen molar-refractivity contribution in [2.45, 2.75) is 31.7 Å². The minimum absolute atomic E-state index is 0.149. The standard InChI is InChI=1S/C24H23BrN2O3/c25-17-8-10-18(11-9-17)26-22(28)19(12-14-4-2-1-3-5-14)27-23(29)20-15-6-7-16(13-15)21(20)24(27)30/h1-5,8-11,15-16,19-21H,6-7,12-13H2,(H,26,28). The Kier molecular flexibility index (Phi) is 4.97. The van der Waals surface area contributed by atoms with E-state index in [1.165, 1.54) is 4.90 Å². The highest BCUT2D eigenvalue weighted by Gasteiger charge is 2.62. The Bertz CT molecular complexity index is 963. The first kappa shape index (κ1) is 19.5. The second-order valence-electron chi connectivity index (χ2n) is 8.63. The van der Waals surface area contributed by atoms with Gasteiger partial charge < -0.3 is 5.32 Å². The van der Waals surface area contributed by atoms with Gasteiger partial charge in [0, 0.05) is 16.6 Å². The molecule has 0 spiro atoms. The molecule has 6 heteroatoms. The Morgan fingerprint density at radius 1 is 0.967 bits per heavy atom. The predicted molar refractivity (Wildman–Crippen MR) is 116 cm³/mol. The summed E-state index contributed by atoms with van der Waals surface area (Å²) in [5, 5.41) is 2.91. The van der Waals surface area contributed by atoms with Gasteiger partial charge in [-0.25, -0.2) is 0 Å². The molecule has 0 aromatic heterocycles. The van der Waals surface area contributed by atoms with Crippen LogP contribution in [0.5, 0.6) is 0 Å². The van der Waals surface area contributed by atoms with Gasteiger partial charge in [0.15, 0.2) is 0 Å². The number of carbonyl (C=O) groups excluding carboxylic acids is 3. The van der Waals surface area contributed by atoms with Crippen LogP contribution < -0.4 is 5.32 Å². The highest BCUT2D eigenvalue weighted by Crippen LogP contribution is 2.56. The topological polar surface area (TPSA) is 66.5 Å². The van der Waals surface area contributed by atoms with Crippen molar-refractivity contribution in [3.8, 4) is 0 Å². The molecule has 3 aliphatic rings. The Balaban J connectivity index is 1.45. The van der Waals surface area contributed by atoms with Crippen molar-refractivity contribution in [3.63, 3.8) is 0 Å². The van der Waals surface area contributed by atoms with E-state index in [1.807, 2.05) is 42.5 Å². The molecule has 1 saturated heterocycles. The Morgan fingerprint density at radius 2 is 1.57 bits per heavy atom. The lowest BCUT2D eigenvalue weighted by atomic mass is 9.81. The Labute approximate surface area is 184 Å². The number of benzene rings is 2. The molecule has 3 amide bonds. The van der Waals surface area contributed by atoms with Crippen LogP contribution in [-0.2, 0) is 20.8 Å². The summed E-state index contributed by atoms with van der Waals surface area (Å²) in [4.78, 5) is 41.3. The zero-order chi connectivity index (χ0) is 20.8. The van der Waals surface area contributed by atoms with Gasteiger partial charge >= 0.3 is 0 Å². The highest BCUT2D eigenvalue weighted by molar-refractivity contribution is 9.10. The van der Waals surface area contributed by atoms with E-state index in [2.05, 4.69) is 21.2 Å². The lowest BCUT2D eigenvalue weighted by molar-refractivity contribution is -0.147. The van der Waals surface area contributed by atoms with Crippen LogP contribution in [0.2, 0.25) is 0 Å². The number of nitrogens with zero attached hydrogens (tertiary/aromatic N) is 1. The second kappa shape index (κ2) is 7.65. The van der Waals surface area contributed by atoms with Crippen molar-refractivity contribution in [2.75, 3.05) is 5.32 Å².